The molecule has 2 heterocycles. The number of carbonyl (C=O) groups is 2. The fourth-order valence-corrected chi connectivity index (χ4v) is 3.95. The lowest BCUT2D eigenvalue weighted by Crippen LogP contribution is -2.47. The molecule has 156 valence electrons. The molecule has 0 bridgehead atoms. The quantitative estimate of drug-likeness (QED) is 0.302. The number of amides is 2. The molecule has 2 aliphatic rings. The molecule has 1 fully saturated rings. The highest BCUT2D eigenvalue weighted by Gasteiger charge is 2.42. The van der Waals surface area contributed by atoms with Crippen LogP contribution in [0, 0.1) is 10.1 Å². The van der Waals surface area contributed by atoms with Crippen LogP contribution in [0.2, 0.25) is 0 Å². The Morgan fingerprint density at radius 2 is 1.69 bits per heavy atom. The molecule has 8 heteroatoms. The zero-order chi connectivity index (χ0) is 21.1. The molecule has 3 rings (SSSR count). The molecule has 2 amide bonds. The third kappa shape index (κ3) is 4.32. The van der Waals surface area contributed by atoms with Gasteiger partial charge in [0.1, 0.15) is 5.70 Å². The van der Waals surface area contributed by atoms with Crippen LogP contribution < -0.4 is 0 Å². The molecule has 0 radical (unpaired) electrons. The molecule has 0 spiro atoms. The van der Waals surface area contributed by atoms with E-state index in [0.29, 0.717) is 36.5 Å². The third-order valence-electron chi connectivity index (χ3n) is 5.23. The summed E-state index contributed by atoms with van der Waals surface area (Å²) in [5, 5.41) is 11.0. The van der Waals surface area contributed by atoms with Crippen LogP contribution >= 0.6 is 0 Å². The number of rotatable bonds is 7. The molecule has 1 aromatic carbocycles. The molecular weight excluding hydrogens is 374 g/mol. The van der Waals surface area contributed by atoms with Gasteiger partial charge in [0, 0.05) is 31.8 Å². The summed E-state index contributed by atoms with van der Waals surface area (Å²) < 4.78 is 5.78. The lowest BCUT2D eigenvalue weighted by Gasteiger charge is -2.37. The number of hydrogen-bond donors (Lipinski definition) is 0. The van der Waals surface area contributed by atoms with Gasteiger partial charge in [-0.15, -0.1) is 0 Å². The van der Waals surface area contributed by atoms with Crippen LogP contribution in [0.4, 0.5) is 5.69 Å². The Hall–Kier alpha value is -2.74. The van der Waals surface area contributed by atoms with E-state index in [-0.39, 0.29) is 29.7 Å². The van der Waals surface area contributed by atoms with E-state index >= 15 is 0 Å². The monoisotopic (exact) mass is 401 g/mol. The summed E-state index contributed by atoms with van der Waals surface area (Å²) in [6.45, 7) is 7.34. The first-order valence-electron chi connectivity index (χ1n) is 10.1. The van der Waals surface area contributed by atoms with Crippen molar-refractivity contribution in [2.45, 2.75) is 52.2 Å². The van der Waals surface area contributed by atoms with Gasteiger partial charge in [-0.05, 0) is 38.0 Å². The van der Waals surface area contributed by atoms with Crippen LogP contribution in [0.15, 0.2) is 30.0 Å². The van der Waals surface area contributed by atoms with Crippen LogP contribution in [0.25, 0.3) is 5.57 Å². The average molecular weight is 401 g/mol. The van der Waals surface area contributed by atoms with E-state index in [2.05, 4.69) is 6.92 Å². The topological polar surface area (TPSA) is 93.0 Å². The smallest absolute Gasteiger partial charge is 0.277 e. The van der Waals surface area contributed by atoms with Gasteiger partial charge in [-0.1, -0.05) is 19.8 Å². The first-order valence-corrected chi connectivity index (χ1v) is 10.1. The highest BCUT2D eigenvalue weighted by atomic mass is 16.6. The van der Waals surface area contributed by atoms with Crippen molar-refractivity contribution in [1.29, 1.82) is 0 Å². The predicted octanol–water partition coefficient (Wildman–Crippen LogP) is 2.97. The number of hydrogen-bond acceptors (Lipinski definition) is 6. The van der Waals surface area contributed by atoms with Gasteiger partial charge < -0.3 is 9.64 Å². The maximum Gasteiger partial charge on any atom is 0.277 e. The molecule has 0 N–H and O–H groups in total. The summed E-state index contributed by atoms with van der Waals surface area (Å²) in [5.41, 5.74) is 1.17. The van der Waals surface area contributed by atoms with Crippen LogP contribution in [0.5, 0.6) is 0 Å². The molecule has 8 nitrogen and oxygen atoms in total. The van der Waals surface area contributed by atoms with E-state index in [4.69, 9.17) is 4.74 Å². The molecular formula is C21H27N3O5. The van der Waals surface area contributed by atoms with Crippen molar-refractivity contribution in [3.63, 3.8) is 0 Å². The largest absolute Gasteiger partial charge is 0.372 e. The second kappa shape index (κ2) is 8.73. The van der Waals surface area contributed by atoms with Crippen molar-refractivity contribution in [3.8, 4) is 0 Å². The Morgan fingerprint density at radius 1 is 1.07 bits per heavy atom. The van der Waals surface area contributed by atoms with Crippen molar-refractivity contribution in [3.05, 3.63) is 45.6 Å². The van der Waals surface area contributed by atoms with Gasteiger partial charge in [0.25, 0.3) is 17.5 Å². The summed E-state index contributed by atoms with van der Waals surface area (Å²) in [6.07, 6.45) is 2.54. The molecule has 0 saturated carbocycles. The maximum absolute atomic E-state index is 13.2. The first-order chi connectivity index (χ1) is 13.8. The van der Waals surface area contributed by atoms with Crippen LogP contribution in [0.1, 0.15) is 45.6 Å². The Labute approximate surface area is 170 Å². The van der Waals surface area contributed by atoms with E-state index in [1.54, 1.807) is 12.1 Å². The van der Waals surface area contributed by atoms with Gasteiger partial charge >= 0.3 is 0 Å². The van der Waals surface area contributed by atoms with Crippen molar-refractivity contribution in [2.75, 3.05) is 19.6 Å². The Balaban J connectivity index is 2.01. The molecule has 2 aliphatic heterocycles. The zero-order valence-electron chi connectivity index (χ0n) is 17.1. The number of benzene rings is 1. The highest BCUT2D eigenvalue weighted by Crippen LogP contribution is 2.34. The van der Waals surface area contributed by atoms with Crippen molar-refractivity contribution in [1.82, 2.24) is 9.80 Å². The van der Waals surface area contributed by atoms with E-state index in [0.717, 1.165) is 19.3 Å². The van der Waals surface area contributed by atoms with Gasteiger partial charge in [0.2, 0.25) is 0 Å². The molecule has 1 saturated heterocycles. The van der Waals surface area contributed by atoms with E-state index in [9.17, 15) is 19.7 Å². The first kappa shape index (κ1) is 21.0. The van der Waals surface area contributed by atoms with Crippen molar-refractivity contribution >= 4 is 23.1 Å². The van der Waals surface area contributed by atoms with Gasteiger partial charge in [-0.25, -0.2) is 0 Å². The molecule has 0 aliphatic carbocycles. The number of nitro benzene ring substituents is 1. The standard InChI is InChI=1S/C21H27N3O5/c1-4-5-6-11-23-20(25)18(16-7-9-17(10-8-16)24(27)28)19(21(23)26)22-12-14(2)29-15(3)13-22/h7-10,14-15H,4-6,11-13H2,1-3H3. The van der Waals surface area contributed by atoms with Gasteiger partial charge in [-0.2, -0.15) is 0 Å². The summed E-state index contributed by atoms with van der Waals surface area (Å²) in [7, 11) is 0. The number of nitrogens with zero attached hydrogens (tertiary/aromatic N) is 3. The van der Waals surface area contributed by atoms with E-state index < -0.39 is 4.92 Å². The maximum atomic E-state index is 13.2. The minimum absolute atomic E-state index is 0.0545. The number of unbranched alkanes of at least 4 members (excludes halogenated alkanes) is 2. The molecule has 2 atom stereocenters. The van der Waals surface area contributed by atoms with Crippen LogP contribution in [-0.2, 0) is 14.3 Å². The summed E-state index contributed by atoms with van der Waals surface area (Å²) >= 11 is 0. The molecule has 29 heavy (non-hydrogen) atoms. The predicted molar refractivity (Wildman–Crippen MR) is 108 cm³/mol. The fraction of sp³-hybridized carbons (Fsp3) is 0.524. The average Bonchev–Trinajstić information content (AvgIpc) is 2.92. The van der Waals surface area contributed by atoms with Gasteiger partial charge in [-0.3, -0.25) is 24.6 Å². The SMILES string of the molecule is CCCCCN1C(=O)C(c2ccc([N+](=O)[O-])cc2)=C(N2CC(C)OC(C)C2)C1=O. The number of carbonyl (C=O) groups excluding carboxylic acids is 2. The lowest BCUT2D eigenvalue weighted by molar-refractivity contribution is -0.384. The summed E-state index contributed by atoms with van der Waals surface area (Å²) in [6, 6.07) is 5.81. The molecule has 2 unspecified atom stereocenters. The highest BCUT2D eigenvalue weighted by molar-refractivity contribution is 6.35. The van der Waals surface area contributed by atoms with Gasteiger partial charge in [0.15, 0.2) is 0 Å². The summed E-state index contributed by atoms with van der Waals surface area (Å²) in [5.74, 6) is -0.623. The zero-order valence-corrected chi connectivity index (χ0v) is 17.1. The lowest BCUT2D eigenvalue weighted by atomic mass is 10.0. The number of imide groups is 1. The summed E-state index contributed by atoms with van der Waals surface area (Å²) in [4.78, 5) is 40.2. The second-order valence-corrected chi connectivity index (χ2v) is 7.66. The number of morpholine rings is 1. The molecule has 1 aromatic rings. The van der Waals surface area contributed by atoms with Gasteiger partial charge in [0.05, 0.1) is 22.7 Å². The number of ether oxygens (including phenoxy) is 1. The Morgan fingerprint density at radius 3 is 2.24 bits per heavy atom. The Kier molecular flexibility index (Phi) is 6.32. The van der Waals surface area contributed by atoms with Crippen LogP contribution in [-0.4, -0.2) is 58.4 Å². The van der Waals surface area contributed by atoms with Crippen molar-refractivity contribution < 1.29 is 19.2 Å². The number of nitro groups is 1. The normalized spacial score (nSPS) is 22.6. The van der Waals surface area contributed by atoms with E-state index in [1.807, 2.05) is 18.7 Å². The molecule has 0 aromatic heterocycles. The van der Waals surface area contributed by atoms with E-state index in [1.165, 1.54) is 17.0 Å². The van der Waals surface area contributed by atoms with Crippen LogP contribution in [0.3, 0.4) is 0 Å². The fourth-order valence-electron chi connectivity index (χ4n) is 3.95. The second-order valence-electron chi connectivity index (χ2n) is 7.66. The minimum Gasteiger partial charge on any atom is -0.372 e. The third-order valence-corrected chi connectivity index (χ3v) is 5.23. The number of non-ortho nitro benzene ring substituents is 1. The Bertz CT molecular complexity index is 823. The van der Waals surface area contributed by atoms with Crippen molar-refractivity contribution in [2.24, 2.45) is 0 Å². The minimum atomic E-state index is -0.483.